The molecule has 9 heteroatoms. The molecule has 0 heterocycles. The smallest absolute Gasteiger partial charge is 0.339 e. The zero-order chi connectivity index (χ0) is 12.2. The standard InChI is InChI=1S/C6H10O9/c7-1(3(9)5(10)11)2(8)4(15-14)6(12)13/h1-4,7-9,14H,(H,10,11)(H,12,13)/t1-,2-,3-,4+/m0/s1. The SMILES string of the molecule is O=C(O)[C@@H](O)[C@@H](O)[C@H](O)[C@@H](OO)C(=O)O. The summed E-state index contributed by atoms with van der Waals surface area (Å²) in [6.45, 7) is 0. The van der Waals surface area contributed by atoms with Gasteiger partial charge in [0, 0.05) is 0 Å². The second-order valence-corrected chi connectivity index (χ2v) is 2.63. The molecule has 9 nitrogen and oxygen atoms in total. The topological polar surface area (TPSA) is 165 Å². The van der Waals surface area contributed by atoms with E-state index in [1.54, 1.807) is 0 Å². The van der Waals surface area contributed by atoms with Crippen LogP contribution in [0.4, 0.5) is 0 Å². The zero-order valence-corrected chi connectivity index (χ0v) is 7.22. The molecule has 6 N–H and O–H groups in total. The molecule has 4 atom stereocenters. The number of carboxylic acids is 2. The van der Waals surface area contributed by atoms with E-state index in [1.807, 2.05) is 0 Å². The van der Waals surface area contributed by atoms with Crippen molar-refractivity contribution in [3.05, 3.63) is 0 Å². The summed E-state index contributed by atoms with van der Waals surface area (Å²) in [5.41, 5.74) is 0. The van der Waals surface area contributed by atoms with Gasteiger partial charge in [-0.1, -0.05) is 0 Å². The highest BCUT2D eigenvalue weighted by Crippen LogP contribution is 2.08. The van der Waals surface area contributed by atoms with Crippen LogP contribution in [-0.2, 0) is 14.5 Å². The lowest BCUT2D eigenvalue weighted by Crippen LogP contribution is -2.50. The summed E-state index contributed by atoms with van der Waals surface area (Å²) in [7, 11) is 0. The first-order valence-electron chi connectivity index (χ1n) is 3.63. The number of hydrogen-bond donors (Lipinski definition) is 6. The number of hydrogen-bond acceptors (Lipinski definition) is 7. The molecule has 88 valence electrons. The first-order chi connectivity index (χ1) is 6.82. The molecular weight excluding hydrogens is 216 g/mol. The molecule has 0 spiro atoms. The van der Waals surface area contributed by atoms with Crippen LogP contribution in [0.1, 0.15) is 0 Å². The van der Waals surface area contributed by atoms with E-state index in [0.29, 0.717) is 0 Å². The Kier molecular flexibility index (Phi) is 5.11. The number of aliphatic carboxylic acids is 2. The van der Waals surface area contributed by atoms with Crippen LogP contribution < -0.4 is 0 Å². The zero-order valence-electron chi connectivity index (χ0n) is 7.22. The number of carboxylic acid groups (broad SMARTS) is 2. The molecule has 0 amide bonds. The van der Waals surface area contributed by atoms with E-state index in [2.05, 4.69) is 4.89 Å². The average Bonchev–Trinajstić information content (AvgIpc) is 2.15. The van der Waals surface area contributed by atoms with Crippen molar-refractivity contribution in [2.45, 2.75) is 24.4 Å². The average molecular weight is 226 g/mol. The number of carbonyl (C=O) groups is 2. The highest BCUT2D eigenvalue weighted by molar-refractivity contribution is 5.75. The Morgan fingerprint density at radius 1 is 0.933 bits per heavy atom. The predicted octanol–water partition coefficient (Wildman–Crippen LogP) is -2.90. The van der Waals surface area contributed by atoms with Crippen molar-refractivity contribution < 1.29 is 45.3 Å². The number of aliphatic hydroxyl groups is 3. The third-order valence-corrected chi connectivity index (χ3v) is 1.59. The Labute approximate surface area is 82.7 Å². The normalized spacial score (nSPS) is 18.9. The highest BCUT2D eigenvalue weighted by Gasteiger charge is 2.39. The van der Waals surface area contributed by atoms with Gasteiger partial charge in [0.1, 0.15) is 12.2 Å². The van der Waals surface area contributed by atoms with Crippen molar-refractivity contribution in [3.63, 3.8) is 0 Å². The van der Waals surface area contributed by atoms with E-state index in [9.17, 15) is 9.59 Å². The monoisotopic (exact) mass is 226 g/mol. The van der Waals surface area contributed by atoms with E-state index in [1.165, 1.54) is 0 Å². The molecule has 0 radical (unpaired) electrons. The molecule has 0 aliphatic rings. The second kappa shape index (κ2) is 5.58. The van der Waals surface area contributed by atoms with Gasteiger partial charge in [-0.15, -0.1) is 0 Å². The molecule has 0 aliphatic carbocycles. The second-order valence-electron chi connectivity index (χ2n) is 2.63. The van der Waals surface area contributed by atoms with Gasteiger partial charge in [0.05, 0.1) is 0 Å². The van der Waals surface area contributed by atoms with Crippen LogP contribution in [0, 0.1) is 0 Å². The van der Waals surface area contributed by atoms with Crippen molar-refractivity contribution in [1.29, 1.82) is 0 Å². The number of rotatable bonds is 6. The first kappa shape index (κ1) is 13.7. The van der Waals surface area contributed by atoms with E-state index in [4.69, 9.17) is 30.8 Å². The van der Waals surface area contributed by atoms with Crippen molar-refractivity contribution in [3.8, 4) is 0 Å². The minimum absolute atomic E-state index is 1.83. The van der Waals surface area contributed by atoms with Crippen LogP contribution in [0.25, 0.3) is 0 Å². The van der Waals surface area contributed by atoms with Gasteiger partial charge in [-0.05, 0) is 0 Å². The summed E-state index contributed by atoms with van der Waals surface area (Å²) >= 11 is 0. The summed E-state index contributed by atoms with van der Waals surface area (Å²) in [5, 5.41) is 51.4. The Morgan fingerprint density at radius 3 is 1.67 bits per heavy atom. The summed E-state index contributed by atoms with van der Waals surface area (Å²) in [6, 6.07) is 0. The predicted molar refractivity (Wildman–Crippen MR) is 40.8 cm³/mol. The fourth-order valence-corrected chi connectivity index (χ4v) is 0.765. The first-order valence-corrected chi connectivity index (χ1v) is 3.63. The summed E-state index contributed by atoms with van der Waals surface area (Å²) in [4.78, 5) is 23.7. The van der Waals surface area contributed by atoms with Crippen LogP contribution in [0.15, 0.2) is 0 Å². The molecule has 0 aromatic heterocycles. The summed E-state index contributed by atoms with van der Waals surface area (Å²) in [6.07, 6.45) is -9.25. The largest absolute Gasteiger partial charge is 0.479 e. The van der Waals surface area contributed by atoms with Crippen LogP contribution in [0.3, 0.4) is 0 Å². The molecule has 0 aromatic rings. The Bertz CT molecular complexity index is 239. The minimum Gasteiger partial charge on any atom is -0.479 e. The van der Waals surface area contributed by atoms with Crippen molar-refractivity contribution >= 4 is 11.9 Å². The van der Waals surface area contributed by atoms with Gasteiger partial charge in [0.25, 0.3) is 0 Å². The molecule has 0 rings (SSSR count). The van der Waals surface area contributed by atoms with Gasteiger partial charge in [-0.2, -0.15) is 0 Å². The summed E-state index contributed by atoms with van der Waals surface area (Å²) in [5.74, 6) is -3.69. The maximum atomic E-state index is 10.3. The van der Waals surface area contributed by atoms with Crippen LogP contribution in [0.5, 0.6) is 0 Å². The Balaban J connectivity index is 4.60. The minimum atomic E-state index is -2.39. The highest BCUT2D eigenvalue weighted by atomic mass is 17.1. The van der Waals surface area contributed by atoms with Crippen LogP contribution in [0.2, 0.25) is 0 Å². The molecule has 0 aromatic carbocycles. The molecule has 0 fully saturated rings. The van der Waals surface area contributed by atoms with Gasteiger partial charge in [-0.3, -0.25) is 5.26 Å². The molecule has 0 saturated heterocycles. The van der Waals surface area contributed by atoms with Gasteiger partial charge < -0.3 is 25.5 Å². The van der Waals surface area contributed by atoms with E-state index < -0.39 is 36.4 Å². The fraction of sp³-hybridized carbons (Fsp3) is 0.667. The van der Waals surface area contributed by atoms with E-state index in [0.717, 1.165) is 0 Å². The van der Waals surface area contributed by atoms with E-state index in [-0.39, 0.29) is 0 Å². The molecule has 0 unspecified atom stereocenters. The van der Waals surface area contributed by atoms with Crippen molar-refractivity contribution in [2.75, 3.05) is 0 Å². The molecule has 15 heavy (non-hydrogen) atoms. The molecule has 0 aliphatic heterocycles. The molecule has 0 bridgehead atoms. The maximum absolute atomic E-state index is 10.3. The lowest BCUT2D eigenvalue weighted by Gasteiger charge is -2.23. The van der Waals surface area contributed by atoms with Gasteiger partial charge >= 0.3 is 11.9 Å². The van der Waals surface area contributed by atoms with Crippen molar-refractivity contribution in [2.24, 2.45) is 0 Å². The van der Waals surface area contributed by atoms with Gasteiger partial charge in [0.15, 0.2) is 6.10 Å². The third-order valence-electron chi connectivity index (χ3n) is 1.59. The fourth-order valence-electron chi connectivity index (χ4n) is 0.765. The van der Waals surface area contributed by atoms with E-state index >= 15 is 0 Å². The maximum Gasteiger partial charge on any atom is 0.339 e. The Hall–Kier alpha value is -1.26. The Morgan fingerprint density at radius 2 is 1.40 bits per heavy atom. The van der Waals surface area contributed by atoms with Crippen LogP contribution >= 0.6 is 0 Å². The summed E-state index contributed by atoms with van der Waals surface area (Å²) < 4.78 is 0. The lowest BCUT2D eigenvalue weighted by molar-refractivity contribution is -0.301. The third kappa shape index (κ3) is 3.42. The number of aliphatic hydroxyl groups excluding tert-OH is 3. The van der Waals surface area contributed by atoms with Crippen LogP contribution in [-0.4, -0.2) is 67.1 Å². The van der Waals surface area contributed by atoms with Crippen molar-refractivity contribution in [1.82, 2.24) is 0 Å². The molecule has 0 saturated carbocycles. The van der Waals surface area contributed by atoms with Gasteiger partial charge in [0.2, 0.25) is 6.10 Å². The quantitative estimate of drug-likeness (QED) is 0.206. The van der Waals surface area contributed by atoms with Gasteiger partial charge in [-0.25, -0.2) is 14.5 Å². The lowest BCUT2D eigenvalue weighted by atomic mass is 10.0. The molecular formula is C6H10O9.